The zero-order valence-electron chi connectivity index (χ0n) is 13.9. The maximum absolute atomic E-state index is 12.8. The first-order valence-corrected chi connectivity index (χ1v) is 7.87. The molecule has 1 atom stereocenters. The Balaban J connectivity index is 2.90. The van der Waals surface area contributed by atoms with Gasteiger partial charge in [0.1, 0.15) is 11.0 Å². The molecule has 0 aromatic heterocycles. The van der Waals surface area contributed by atoms with Gasteiger partial charge in [-0.2, -0.15) is 9.78 Å². The molecule has 1 saturated heterocycles. The number of ether oxygens (including phenoxy) is 1. The summed E-state index contributed by atoms with van der Waals surface area (Å²) >= 11 is 0. The second-order valence-electron chi connectivity index (χ2n) is 6.55. The van der Waals surface area contributed by atoms with E-state index in [2.05, 4.69) is 13.8 Å². The second kappa shape index (κ2) is 6.44. The van der Waals surface area contributed by atoms with E-state index in [9.17, 15) is 4.79 Å². The largest absolute Gasteiger partial charge is 0.459 e. The molecule has 1 unspecified atom stereocenters. The highest BCUT2D eigenvalue weighted by atomic mass is 17.4. The molecule has 1 heterocycles. The third-order valence-electron chi connectivity index (χ3n) is 4.38. The van der Waals surface area contributed by atoms with Gasteiger partial charge in [-0.3, -0.25) is 4.79 Å². The molecule has 1 aliphatic rings. The molecule has 4 heteroatoms. The highest BCUT2D eigenvalue weighted by molar-refractivity contribution is 5.78. The third-order valence-corrected chi connectivity index (χ3v) is 4.38. The van der Waals surface area contributed by atoms with Crippen LogP contribution in [0.4, 0.5) is 0 Å². The Morgan fingerprint density at radius 2 is 1.70 bits per heavy atom. The third kappa shape index (κ3) is 3.53. The lowest BCUT2D eigenvalue weighted by Gasteiger charge is -2.35. The molecule has 0 saturated carbocycles. The SMILES string of the molecule is CCCCC(CC)(C(=O)OC(C)(C)CCC)C1(C)OO1. The Hall–Kier alpha value is -0.610. The summed E-state index contributed by atoms with van der Waals surface area (Å²) in [7, 11) is 0. The summed E-state index contributed by atoms with van der Waals surface area (Å²) in [5.41, 5.74) is -1.14. The van der Waals surface area contributed by atoms with Gasteiger partial charge in [0.05, 0.1) is 0 Å². The van der Waals surface area contributed by atoms with E-state index in [4.69, 9.17) is 14.5 Å². The summed E-state index contributed by atoms with van der Waals surface area (Å²) in [4.78, 5) is 23.1. The van der Waals surface area contributed by atoms with Crippen molar-refractivity contribution in [3.05, 3.63) is 0 Å². The zero-order valence-corrected chi connectivity index (χ0v) is 13.9. The van der Waals surface area contributed by atoms with Crippen molar-refractivity contribution in [2.75, 3.05) is 0 Å². The fourth-order valence-corrected chi connectivity index (χ4v) is 2.86. The number of carbonyl (C=O) groups is 1. The van der Waals surface area contributed by atoms with E-state index >= 15 is 0 Å². The van der Waals surface area contributed by atoms with Crippen molar-refractivity contribution in [1.82, 2.24) is 0 Å². The molecule has 0 spiro atoms. The standard InChI is InChI=1S/C16H30O4/c1-7-10-12-16(9-3,15(6)19-20-15)13(17)18-14(4,5)11-8-2/h7-12H2,1-6H3. The molecular weight excluding hydrogens is 256 g/mol. The van der Waals surface area contributed by atoms with Crippen LogP contribution >= 0.6 is 0 Å². The van der Waals surface area contributed by atoms with Gasteiger partial charge in [-0.05, 0) is 40.0 Å². The van der Waals surface area contributed by atoms with E-state index in [1.54, 1.807) is 0 Å². The number of hydrogen-bond acceptors (Lipinski definition) is 4. The van der Waals surface area contributed by atoms with Gasteiger partial charge in [0, 0.05) is 0 Å². The zero-order chi connectivity index (χ0) is 15.4. The summed E-state index contributed by atoms with van der Waals surface area (Å²) in [6, 6.07) is 0. The monoisotopic (exact) mass is 286 g/mol. The highest BCUT2D eigenvalue weighted by Gasteiger charge is 2.66. The minimum atomic E-state index is -0.823. The number of unbranched alkanes of at least 4 members (excludes halogenated alkanes) is 1. The fraction of sp³-hybridized carbons (Fsp3) is 0.938. The Labute approximate surface area is 123 Å². The van der Waals surface area contributed by atoms with Crippen LogP contribution in [-0.4, -0.2) is 17.4 Å². The van der Waals surface area contributed by atoms with E-state index in [0.717, 1.165) is 32.1 Å². The number of carbonyl (C=O) groups excluding carboxylic acids is 1. The molecule has 1 rings (SSSR count). The van der Waals surface area contributed by atoms with Crippen LogP contribution < -0.4 is 0 Å². The van der Waals surface area contributed by atoms with E-state index < -0.39 is 16.8 Å². The van der Waals surface area contributed by atoms with Gasteiger partial charge in [-0.1, -0.05) is 40.0 Å². The van der Waals surface area contributed by atoms with Crippen LogP contribution in [0.3, 0.4) is 0 Å². The maximum Gasteiger partial charge on any atom is 0.318 e. The normalized spacial score (nSPS) is 20.3. The molecule has 20 heavy (non-hydrogen) atoms. The molecule has 0 N–H and O–H groups in total. The number of esters is 1. The summed E-state index contributed by atoms with van der Waals surface area (Å²) in [6.45, 7) is 12.0. The Morgan fingerprint density at radius 3 is 2.10 bits per heavy atom. The average molecular weight is 286 g/mol. The molecule has 0 radical (unpaired) electrons. The van der Waals surface area contributed by atoms with Crippen molar-refractivity contribution in [3.8, 4) is 0 Å². The van der Waals surface area contributed by atoms with Gasteiger partial charge < -0.3 is 4.74 Å². The quantitative estimate of drug-likeness (QED) is 0.359. The lowest BCUT2D eigenvalue weighted by molar-refractivity contribution is -0.176. The predicted octanol–water partition coefficient (Wildman–Crippen LogP) is 4.37. The summed E-state index contributed by atoms with van der Waals surface area (Å²) < 4.78 is 5.80. The first kappa shape index (κ1) is 17.4. The average Bonchev–Trinajstić information content (AvgIpc) is 3.09. The number of rotatable bonds is 9. The summed E-state index contributed by atoms with van der Waals surface area (Å²) in [5, 5.41) is 0. The summed E-state index contributed by atoms with van der Waals surface area (Å²) in [6.07, 6.45) is 5.22. The second-order valence-corrected chi connectivity index (χ2v) is 6.55. The van der Waals surface area contributed by atoms with E-state index in [1.165, 1.54) is 0 Å². The molecule has 0 aliphatic carbocycles. The Kier molecular flexibility index (Phi) is 5.61. The van der Waals surface area contributed by atoms with Crippen LogP contribution in [0.2, 0.25) is 0 Å². The van der Waals surface area contributed by atoms with Gasteiger partial charge >= 0.3 is 5.97 Å². The van der Waals surface area contributed by atoms with Crippen LogP contribution in [0.15, 0.2) is 0 Å². The highest BCUT2D eigenvalue weighted by Crippen LogP contribution is 2.52. The molecule has 0 amide bonds. The van der Waals surface area contributed by atoms with Gasteiger partial charge in [0.2, 0.25) is 5.79 Å². The smallest absolute Gasteiger partial charge is 0.318 e. The molecule has 0 aromatic rings. The van der Waals surface area contributed by atoms with Gasteiger partial charge in [0.15, 0.2) is 0 Å². The lowest BCUT2D eigenvalue weighted by atomic mass is 9.74. The van der Waals surface area contributed by atoms with E-state index in [1.807, 2.05) is 27.7 Å². The fourth-order valence-electron chi connectivity index (χ4n) is 2.86. The van der Waals surface area contributed by atoms with Crippen molar-refractivity contribution in [3.63, 3.8) is 0 Å². The molecule has 0 bridgehead atoms. The number of hydrogen-bond donors (Lipinski definition) is 0. The Bertz CT molecular complexity index is 333. The van der Waals surface area contributed by atoms with Gasteiger partial charge in [0.25, 0.3) is 0 Å². The Morgan fingerprint density at radius 1 is 1.10 bits per heavy atom. The first-order valence-electron chi connectivity index (χ1n) is 7.87. The minimum Gasteiger partial charge on any atom is -0.459 e. The van der Waals surface area contributed by atoms with Crippen LogP contribution in [0.25, 0.3) is 0 Å². The van der Waals surface area contributed by atoms with Crippen molar-refractivity contribution >= 4 is 5.97 Å². The lowest BCUT2D eigenvalue weighted by Crippen LogP contribution is -2.47. The molecule has 4 nitrogen and oxygen atoms in total. The molecule has 0 aromatic carbocycles. The van der Waals surface area contributed by atoms with Gasteiger partial charge in [-0.25, -0.2) is 0 Å². The molecule has 1 aliphatic heterocycles. The topological polar surface area (TPSA) is 51.4 Å². The molecule has 118 valence electrons. The molecule has 1 fully saturated rings. The van der Waals surface area contributed by atoms with Crippen molar-refractivity contribution in [1.29, 1.82) is 0 Å². The minimum absolute atomic E-state index is 0.188. The first-order chi connectivity index (χ1) is 9.27. The van der Waals surface area contributed by atoms with E-state index in [-0.39, 0.29) is 5.97 Å². The van der Waals surface area contributed by atoms with Crippen molar-refractivity contribution in [2.24, 2.45) is 5.41 Å². The van der Waals surface area contributed by atoms with Crippen LogP contribution in [0.1, 0.15) is 80.1 Å². The van der Waals surface area contributed by atoms with Crippen LogP contribution in [0, 0.1) is 5.41 Å². The van der Waals surface area contributed by atoms with E-state index in [0.29, 0.717) is 6.42 Å². The van der Waals surface area contributed by atoms with Crippen molar-refractivity contribution in [2.45, 2.75) is 91.5 Å². The summed E-state index contributed by atoms with van der Waals surface area (Å²) in [5.74, 6) is -1.01. The van der Waals surface area contributed by atoms with Gasteiger partial charge in [-0.15, -0.1) is 0 Å². The molecular formula is C16H30O4. The van der Waals surface area contributed by atoms with Crippen molar-refractivity contribution < 1.29 is 19.3 Å². The van der Waals surface area contributed by atoms with Crippen LogP contribution in [-0.2, 0) is 19.3 Å². The maximum atomic E-state index is 12.8. The predicted molar refractivity (Wildman–Crippen MR) is 77.9 cm³/mol. The van der Waals surface area contributed by atoms with Crippen LogP contribution in [0.5, 0.6) is 0 Å².